The fourth-order valence-corrected chi connectivity index (χ4v) is 2.33. The van der Waals surface area contributed by atoms with E-state index in [1.807, 2.05) is 0 Å². The number of halogens is 7. The minimum Gasteiger partial charge on any atom is -0.166 e. The van der Waals surface area contributed by atoms with Gasteiger partial charge in [-0.3, -0.25) is 0 Å². The second kappa shape index (κ2) is 5.36. The Labute approximate surface area is 124 Å². The zero-order valence-corrected chi connectivity index (χ0v) is 11.8. The molecule has 0 saturated heterocycles. The number of hydrogen-bond acceptors (Lipinski definition) is 0. The molecule has 0 unspecified atom stereocenters. The summed E-state index contributed by atoms with van der Waals surface area (Å²) < 4.78 is 77.2. The van der Waals surface area contributed by atoms with Crippen LogP contribution >= 0.6 is 15.9 Å². The summed E-state index contributed by atoms with van der Waals surface area (Å²) in [4.78, 5) is 0. The quantitative estimate of drug-likeness (QED) is 0.529. The van der Waals surface area contributed by atoms with Gasteiger partial charge in [-0.1, -0.05) is 34.1 Å². The zero-order chi connectivity index (χ0) is 15.8. The second-order valence-corrected chi connectivity index (χ2v) is 5.09. The lowest BCUT2D eigenvalue weighted by Gasteiger charge is -2.15. The summed E-state index contributed by atoms with van der Waals surface area (Å²) >= 11 is 3.00. The van der Waals surface area contributed by atoms with Crippen molar-refractivity contribution in [3.05, 3.63) is 58.1 Å². The highest BCUT2D eigenvalue weighted by Gasteiger charge is 2.35. The Bertz CT molecular complexity index is 657. The standard InChI is InChI=1S/C14H7BrF6/c15-12-6-5-8(13(16,17)18)7-10(12)9-3-1-2-4-11(9)14(19,20)21/h1-7H. The van der Waals surface area contributed by atoms with E-state index in [2.05, 4.69) is 15.9 Å². The fraction of sp³-hybridized carbons (Fsp3) is 0.143. The number of hydrogen-bond donors (Lipinski definition) is 0. The van der Waals surface area contributed by atoms with Crippen LogP contribution in [0.15, 0.2) is 46.9 Å². The number of benzene rings is 2. The maximum atomic E-state index is 13.0. The molecule has 0 nitrogen and oxygen atoms in total. The van der Waals surface area contributed by atoms with E-state index in [0.717, 1.165) is 24.3 Å². The van der Waals surface area contributed by atoms with Gasteiger partial charge in [0.25, 0.3) is 0 Å². The molecular weight excluding hydrogens is 362 g/mol. The molecule has 0 aliphatic rings. The highest BCUT2D eigenvalue weighted by molar-refractivity contribution is 9.10. The van der Waals surface area contributed by atoms with Gasteiger partial charge >= 0.3 is 12.4 Å². The lowest BCUT2D eigenvalue weighted by Crippen LogP contribution is -2.08. The van der Waals surface area contributed by atoms with Crippen LogP contribution in [-0.4, -0.2) is 0 Å². The third kappa shape index (κ3) is 3.40. The predicted molar refractivity (Wildman–Crippen MR) is 69.6 cm³/mol. The Morgan fingerprint density at radius 2 is 1.33 bits per heavy atom. The van der Waals surface area contributed by atoms with Gasteiger partial charge in [0.1, 0.15) is 0 Å². The van der Waals surface area contributed by atoms with Crippen molar-refractivity contribution in [3.63, 3.8) is 0 Å². The third-order valence-corrected chi connectivity index (χ3v) is 3.51. The van der Waals surface area contributed by atoms with Crippen LogP contribution in [0.25, 0.3) is 11.1 Å². The Kier molecular flexibility index (Phi) is 4.06. The van der Waals surface area contributed by atoms with Crippen molar-refractivity contribution in [1.82, 2.24) is 0 Å². The van der Waals surface area contributed by atoms with E-state index in [1.165, 1.54) is 12.1 Å². The Hall–Kier alpha value is -1.50. The van der Waals surface area contributed by atoms with Gasteiger partial charge in [-0.25, -0.2) is 0 Å². The van der Waals surface area contributed by atoms with Crippen molar-refractivity contribution in [3.8, 4) is 11.1 Å². The summed E-state index contributed by atoms with van der Waals surface area (Å²) in [6, 6.07) is 7.11. The first-order valence-electron chi connectivity index (χ1n) is 5.64. The van der Waals surface area contributed by atoms with Crippen LogP contribution in [0.4, 0.5) is 26.3 Å². The zero-order valence-electron chi connectivity index (χ0n) is 10.2. The molecular formula is C14H7BrF6. The molecule has 0 N–H and O–H groups in total. The lowest BCUT2D eigenvalue weighted by molar-refractivity contribution is -0.137. The number of alkyl halides is 6. The molecule has 0 aliphatic carbocycles. The molecule has 0 radical (unpaired) electrons. The smallest absolute Gasteiger partial charge is 0.166 e. The van der Waals surface area contributed by atoms with E-state index in [4.69, 9.17) is 0 Å². The van der Waals surface area contributed by atoms with E-state index in [1.54, 1.807) is 0 Å². The Morgan fingerprint density at radius 1 is 0.714 bits per heavy atom. The normalized spacial score (nSPS) is 12.5. The summed E-state index contributed by atoms with van der Waals surface area (Å²) in [5.41, 5.74) is -2.44. The Balaban J connectivity index is 2.68. The van der Waals surface area contributed by atoms with Crippen LogP contribution in [0.3, 0.4) is 0 Å². The first-order chi connectivity index (χ1) is 9.60. The average Bonchev–Trinajstić information content (AvgIpc) is 2.37. The van der Waals surface area contributed by atoms with Crippen molar-refractivity contribution in [1.29, 1.82) is 0 Å². The molecule has 0 amide bonds. The van der Waals surface area contributed by atoms with Crippen molar-refractivity contribution in [2.24, 2.45) is 0 Å². The molecule has 2 rings (SSSR count). The molecule has 0 spiro atoms. The van der Waals surface area contributed by atoms with Crippen molar-refractivity contribution >= 4 is 15.9 Å². The summed E-state index contributed by atoms with van der Waals surface area (Å²) in [6.45, 7) is 0. The first-order valence-corrected chi connectivity index (χ1v) is 6.43. The molecule has 0 atom stereocenters. The predicted octanol–water partition coefficient (Wildman–Crippen LogP) is 6.15. The minimum atomic E-state index is -4.65. The largest absolute Gasteiger partial charge is 0.417 e. The minimum absolute atomic E-state index is 0.155. The van der Waals surface area contributed by atoms with Gasteiger partial charge in [0.15, 0.2) is 0 Å². The molecule has 0 fully saturated rings. The van der Waals surface area contributed by atoms with Crippen LogP contribution in [0.2, 0.25) is 0 Å². The molecule has 0 bridgehead atoms. The summed E-state index contributed by atoms with van der Waals surface area (Å²) in [5, 5.41) is 0. The topological polar surface area (TPSA) is 0 Å². The molecule has 0 saturated carbocycles. The number of rotatable bonds is 1. The van der Waals surface area contributed by atoms with Crippen LogP contribution in [0.5, 0.6) is 0 Å². The maximum Gasteiger partial charge on any atom is 0.417 e. The van der Waals surface area contributed by atoms with E-state index >= 15 is 0 Å². The average molecular weight is 369 g/mol. The van der Waals surface area contributed by atoms with E-state index in [0.29, 0.717) is 6.07 Å². The lowest BCUT2D eigenvalue weighted by atomic mass is 9.97. The molecule has 21 heavy (non-hydrogen) atoms. The van der Waals surface area contributed by atoms with Gasteiger partial charge in [0, 0.05) is 4.47 Å². The highest BCUT2D eigenvalue weighted by atomic mass is 79.9. The van der Waals surface area contributed by atoms with Gasteiger partial charge in [0.2, 0.25) is 0 Å². The monoisotopic (exact) mass is 368 g/mol. The van der Waals surface area contributed by atoms with Gasteiger partial charge in [-0.15, -0.1) is 0 Å². The van der Waals surface area contributed by atoms with E-state index < -0.39 is 23.5 Å². The highest BCUT2D eigenvalue weighted by Crippen LogP contribution is 2.41. The van der Waals surface area contributed by atoms with Crippen LogP contribution in [0.1, 0.15) is 11.1 Å². The fourth-order valence-electron chi connectivity index (χ4n) is 1.87. The second-order valence-electron chi connectivity index (χ2n) is 4.24. The third-order valence-electron chi connectivity index (χ3n) is 2.82. The van der Waals surface area contributed by atoms with Gasteiger partial charge in [-0.2, -0.15) is 26.3 Å². The molecule has 2 aromatic carbocycles. The van der Waals surface area contributed by atoms with Crippen LogP contribution < -0.4 is 0 Å². The molecule has 0 heterocycles. The SMILES string of the molecule is FC(F)(F)c1ccc(Br)c(-c2ccccc2C(F)(F)F)c1. The van der Waals surface area contributed by atoms with Gasteiger partial charge < -0.3 is 0 Å². The molecule has 7 heteroatoms. The van der Waals surface area contributed by atoms with Crippen molar-refractivity contribution < 1.29 is 26.3 Å². The summed E-state index contributed by atoms with van der Waals surface area (Å²) in [7, 11) is 0. The summed E-state index contributed by atoms with van der Waals surface area (Å²) in [6.07, 6.45) is -9.27. The molecule has 112 valence electrons. The Morgan fingerprint density at radius 3 is 1.90 bits per heavy atom. The van der Waals surface area contributed by atoms with Crippen LogP contribution in [0, 0.1) is 0 Å². The van der Waals surface area contributed by atoms with Crippen molar-refractivity contribution in [2.45, 2.75) is 12.4 Å². The maximum absolute atomic E-state index is 13.0. The van der Waals surface area contributed by atoms with Crippen molar-refractivity contribution in [2.75, 3.05) is 0 Å². The van der Waals surface area contributed by atoms with Gasteiger partial charge in [-0.05, 0) is 35.4 Å². The van der Waals surface area contributed by atoms with Crippen LogP contribution in [-0.2, 0) is 12.4 Å². The first kappa shape index (κ1) is 15.9. The van der Waals surface area contributed by atoms with Gasteiger partial charge in [0.05, 0.1) is 11.1 Å². The molecule has 2 aromatic rings. The molecule has 0 aromatic heterocycles. The van der Waals surface area contributed by atoms with E-state index in [9.17, 15) is 26.3 Å². The molecule has 0 aliphatic heterocycles. The van der Waals surface area contributed by atoms with E-state index in [-0.39, 0.29) is 15.6 Å². The summed E-state index contributed by atoms with van der Waals surface area (Å²) in [5.74, 6) is 0.